The summed E-state index contributed by atoms with van der Waals surface area (Å²) in [5.74, 6) is -2.24. The molecule has 2 heterocycles. The highest BCUT2D eigenvalue weighted by Crippen LogP contribution is 2.30. The molecule has 9 heteroatoms. The normalized spacial score (nSPS) is 14.7. The van der Waals surface area contributed by atoms with Crippen LogP contribution in [-0.2, 0) is 9.59 Å². The van der Waals surface area contributed by atoms with E-state index in [2.05, 4.69) is 15.6 Å². The summed E-state index contributed by atoms with van der Waals surface area (Å²) in [7, 11) is 0. The lowest BCUT2D eigenvalue weighted by atomic mass is 9.94. The number of furan rings is 1. The number of carbonyl (C=O) groups is 3. The molecular formula is C26H27FN4O4. The minimum absolute atomic E-state index is 0.0463. The molecule has 1 fully saturated rings. The van der Waals surface area contributed by atoms with E-state index in [0.717, 1.165) is 32.1 Å². The fraction of sp³-hybridized carbons (Fsp3) is 0.308. The van der Waals surface area contributed by atoms with Gasteiger partial charge in [-0.15, -0.1) is 0 Å². The first-order chi connectivity index (χ1) is 17.0. The Hall–Kier alpha value is -4.01. The number of anilines is 1. The van der Waals surface area contributed by atoms with Gasteiger partial charge in [-0.3, -0.25) is 24.3 Å². The summed E-state index contributed by atoms with van der Waals surface area (Å²) in [6.45, 7) is -0.434. The molecule has 1 aliphatic carbocycles. The minimum Gasteiger partial charge on any atom is -0.459 e. The maximum absolute atomic E-state index is 15.0. The predicted octanol–water partition coefficient (Wildman–Crippen LogP) is 3.77. The summed E-state index contributed by atoms with van der Waals surface area (Å²) >= 11 is 0. The quantitative estimate of drug-likeness (QED) is 0.513. The Bertz CT molecular complexity index is 1150. The zero-order valence-electron chi connectivity index (χ0n) is 19.2. The number of pyridine rings is 1. The lowest BCUT2D eigenvalue weighted by Crippen LogP contribution is -2.50. The third-order valence-corrected chi connectivity index (χ3v) is 6.00. The van der Waals surface area contributed by atoms with Gasteiger partial charge >= 0.3 is 0 Å². The molecule has 1 saturated carbocycles. The third-order valence-electron chi connectivity index (χ3n) is 6.00. The molecule has 0 aliphatic heterocycles. The molecule has 0 spiro atoms. The summed E-state index contributed by atoms with van der Waals surface area (Å²) < 4.78 is 20.1. The van der Waals surface area contributed by atoms with Crippen LogP contribution < -0.4 is 15.5 Å². The van der Waals surface area contributed by atoms with Gasteiger partial charge in [0, 0.05) is 17.8 Å². The molecule has 1 aromatic carbocycles. The third kappa shape index (κ3) is 5.92. The summed E-state index contributed by atoms with van der Waals surface area (Å²) in [6, 6.07) is 10.8. The number of hydrogen-bond acceptors (Lipinski definition) is 5. The number of nitrogens with zero attached hydrogens (tertiary/aromatic N) is 2. The highest BCUT2D eigenvalue weighted by Gasteiger charge is 2.35. The predicted molar refractivity (Wildman–Crippen MR) is 127 cm³/mol. The molecular weight excluding hydrogens is 451 g/mol. The second-order valence-electron chi connectivity index (χ2n) is 8.40. The van der Waals surface area contributed by atoms with Crippen molar-refractivity contribution in [3.63, 3.8) is 0 Å². The van der Waals surface area contributed by atoms with Crippen molar-refractivity contribution in [2.75, 3.05) is 11.4 Å². The van der Waals surface area contributed by atoms with Gasteiger partial charge in [-0.2, -0.15) is 0 Å². The molecule has 4 rings (SSSR count). The van der Waals surface area contributed by atoms with Crippen LogP contribution >= 0.6 is 0 Å². The molecule has 0 radical (unpaired) electrons. The summed E-state index contributed by atoms with van der Waals surface area (Å²) in [5, 5.41) is 5.52. The Morgan fingerprint density at radius 2 is 1.86 bits per heavy atom. The Labute approximate surface area is 202 Å². The van der Waals surface area contributed by atoms with Gasteiger partial charge in [-0.1, -0.05) is 37.5 Å². The number of amides is 3. The number of aromatic nitrogens is 1. The molecule has 0 unspecified atom stereocenters. The van der Waals surface area contributed by atoms with Gasteiger partial charge in [-0.25, -0.2) is 4.39 Å². The molecule has 3 amide bonds. The number of carbonyl (C=O) groups excluding carboxylic acids is 3. The average Bonchev–Trinajstić information content (AvgIpc) is 3.42. The first kappa shape index (κ1) is 24.1. The van der Waals surface area contributed by atoms with E-state index in [-0.39, 0.29) is 17.4 Å². The summed E-state index contributed by atoms with van der Waals surface area (Å²) in [4.78, 5) is 44.7. The van der Waals surface area contributed by atoms with E-state index >= 15 is 4.39 Å². The van der Waals surface area contributed by atoms with Crippen LogP contribution in [0.1, 0.15) is 54.3 Å². The fourth-order valence-corrected chi connectivity index (χ4v) is 4.29. The van der Waals surface area contributed by atoms with Crippen molar-refractivity contribution >= 4 is 23.4 Å². The van der Waals surface area contributed by atoms with Crippen molar-refractivity contribution in [3.8, 4) is 0 Å². The van der Waals surface area contributed by atoms with E-state index in [9.17, 15) is 14.4 Å². The number of nitrogens with one attached hydrogen (secondary N) is 2. The Morgan fingerprint density at radius 1 is 1.06 bits per heavy atom. The van der Waals surface area contributed by atoms with Crippen LogP contribution in [0.4, 0.5) is 10.1 Å². The number of halogens is 1. The van der Waals surface area contributed by atoms with E-state index in [1.54, 1.807) is 24.3 Å². The van der Waals surface area contributed by atoms with E-state index in [1.165, 1.54) is 47.8 Å². The second-order valence-corrected chi connectivity index (χ2v) is 8.40. The summed E-state index contributed by atoms with van der Waals surface area (Å²) in [6.07, 6.45) is 9.07. The molecule has 182 valence electrons. The van der Waals surface area contributed by atoms with Gasteiger partial charge in [0.2, 0.25) is 11.8 Å². The molecule has 1 aliphatic rings. The van der Waals surface area contributed by atoms with Crippen LogP contribution in [0, 0.1) is 5.82 Å². The first-order valence-corrected chi connectivity index (χ1v) is 11.6. The highest BCUT2D eigenvalue weighted by molar-refractivity contribution is 6.04. The Kier molecular flexibility index (Phi) is 7.87. The van der Waals surface area contributed by atoms with Crippen molar-refractivity contribution in [1.29, 1.82) is 0 Å². The molecule has 2 N–H and O–H groups in total. The van der Waals surface area contributed by atoms with E-state index < -0.39 is 36.1 Å². The van der Waals surface area contributed by atoms with Gasteiger partial charge in [0.05, 0.1) is 24.7 Å². The van der Waals surface area contributed by atoms with E-state index in [0.29, 0.717) is 5.69 Å². The summed E-state index contributed by atoms with van der Waals surface area (Å²) in [5.41, 5.74) is 0.354. The number of rotatable bonds is 8. The second kappa shape index (κ2) is 11.4. The van der Waals surface area contributed by atoms with Gasteiger partial charge in [0.25, 0.3) is 5.91 Å². The maximum Gasteiger partial charge on any atom is 0.287 e. The van der Waals surface area contributed by atoms with Crippen molar-refractivity contribution in [1.82, 2.24) is 15.6 Å². The molecule has 3 aromatic rings. The van der Waals surface area contributed by atoms with Crippen LogP contribution in [0.3, 0.4) is 0 Å². The standard InChI is InChI=1S/C26H27FN4O4/c27-21-12-5-4-11-20(21)24(26(34)30-18-8-2-1-3-9-18)31(19-10-6-14-28-16-19)23(32)17-29-25(33)22-13-7-15-35-22/h4-7,10-16,18,24H,1-3,8-9,17H2,(H,29,33)(H,30,34)/t24-/m0/s1. The maximum atomic E-state index is 15.0. The van der Waals surface area contributed by atoms with Gasteiger partial charge in [0.15, 0.2) is 5.76 Å². The van der Waals surface area contributed by atoms with E-state index in [4.69, 9.17) is 4.42 Å². The topological polar surface area (TPSA) is 105 Å². The average molecular weight is 479 g/mol. The number of benzene rings is 1. The largest absolute Gasteiger partial charge is 0.459 e. The molecule has 2 aromatic heterocycles. The molecule has 0 saturated heterocycles. The smallest absolute Gasteiger partial charge is 0.287 e. The minimum atomic E-state index is -1.30. The lowest BCUT2D eigenvalue weighted by molar-refractivity contribution is -0.127. The van der Waals surface area contributed by atoms with Crippen LogP contribution in [0.2, 0.25) is 0 Å². The number of hydrogen-bond donors (Lipinski definition) is 2. The van der Waals surface area contributed by atoms with Gasteiger partial charge in [-0.05, 0) is 43.2 Å². The lowest BCUT2D eigenvalue weighted by Gasteiger charge is -2.33. The van der Waals surface area contributed by atoms with Crippen molar-refractivity contribution < 1.29 is 23.2 Å². The molecule has 1 atom stereocenters. The zero-order valence-corrected chi connectivity index (χ0v) is 19.2. The monoisotopic (exact) mass is 478 g/mol. The van der Waals surface area contributed by atoms with Crippen LogP contribution in [-0.4, -0.2) is 35.3 Å². The first-order valence-electron chi connectivity index (χ1n) is 11.6. The molecule has 35 heavy (non-hydrogen) atoms. The molecule has 8 nitrogen and oxygen atoms in total. The van der Waals surface area contributed by atoms with Crippen LogP contribution in [0.15, 0.2) is 71.6 Å². The van der Waals surface area contributed by atoms with Crippen LogP contribution in [0.25, 0.3) is 0 Å². The van der Waals surface area contributed by atoms with Crippen LogP contribution in [0.5, 0.6) is 0 Å². The van der Waals surface area contributed by atoms with Crippen molar-refractivity contribution in [2.45, 2.75) is 44.2 Å². The fourth-order valence-electron chi connectivity index (χ4n) is 4.29. The van der Waals surface area contributed by atoms with Crippen molar-refractivity contribution in [3.05, 3.63) is 84.3 Å². The SMILES string of the molecule is O=C(NCC(=O)N(c1cccnc1)[C@H](C(=O)NC1CCCCC1)c1ccccc1F)c1ccco1. The Morgan fingerprint density at radius 3 is 2.54 bits per heavy atom. The van der Waals surface area contributed by atoms with E-state index in [1.807, 2.05) is 0 Å². The van der Waals surface area contributed by atoms with Crippen molar-refractivity contribution in [2.24, 2.45) is 0 Å². The Balaban J connectivity index is 1.66. The van der Waals surface area contributed by atoms with Gasteiger partial charge in [0.1, 0.15) is 11.9 Å². The highest BCUT2D eigenvalue weighted by atomic mass is 19.1. The van der Waals surface area contributed by atoms with Gasteiger partial charge < -0.3 is 15.1 Å². The molecule has 0 bridgehead atoms. The zero-order chi connectivity index (χ0) is 24.6.